The van der Waals surface area contributed by atoms with Crippen molar-refractivity contribution in [1.82, 2.24) is 19.6 Å². The number of alkyl halides is 6. The Bertz CT molecular complexity index is 1250. The van der Waals surface area contributed by atoms with E-state index in [1.807, 2.05) is 0 Å². The lowest BCUT2D eigenvalue weighted by molar-refractivity contribution is -0.192. The molecule has 2 aromatic heterocycles. The monoisotopic (exact) mass is 556 g/mol. The van der Waals surface area contributed by atoms with Crippen LogP contribution in [0.1, 0.15) is 16.1 Å². The van der Waals surface area contributed by atoms with E-state index < -0.39 is 35.5 Å². The number of carboxylic acids is 1. The molecule has 1 amide bonds. The standard InChI is InChI=1S/C18H18ClF3N6O2.C2HF3O2/c1-27-9-12(16(26-27)18(20,21)22)17(29)25-10-3-4-14(30-6-5-23)11(7-10)15-13(19)8-24-28(15)2;3-2(4,5)1(6)7/h3-4,7-9H,5-6,23H2,1-2H3,(H,25,29);(H,6,7). The molecule has 2 heterocycles. The van der Waals surface area contributed by atoms with Gasteiger partial charge in [0.2, 0.25) is 0 Å². The molecule has 0 bridgehead atoms. The number of anilines is 1. The number of rotatable bonds is 6. The zero-order valence-corrected chi connectivity index (χ0v) is 19.7. The molecule has 0 fully saturated rings. The molecule has 17 heteroatoms. The predicted octanol–water partition coefficient (Wildman–Crippen LogP) is 3.72. The number of aromatic nitrogens is 4. The van der Waals surface area contributed by atoms with E-state index in [9.17, 15) is 31.1 Å². The Morgan fingerprint density at radius 3 is 2.30 bits per heavy atom. The Balaban J connectivity index is 0.000000604. The first-order chi connectivity index (χ1) is 17.1. The summed E-state index contributed by atoms with van der Waals surface area (Å²) in [5.74, 6) is -3.28. The van der Waals surface area contributed by atoms with E-state index in [4.69, 9.17) is 32.0 Å². The van der Waals surface area contributed by atoms with E-state index in [2.05, 4.69) is 15.5 Å². The lowest BCUT2D eigenvalue weighted by atomic mass is 10.1. The number of benzene rings is 1. The van der Waals surface area contributed by atoms with E-state index >= 15 is 0 Å². The number of nitrogens with zero attached hydrogens (tertiary/aromatic N) is 4. The summed E-state index contributed by atoms with van der Waals surface area (Å²) in [6.45, 7) is 0.511. The van der Waals surface area contributed by atoms with Crippen LogP contribution in [0, 0.1) is 0 Å². The minimum Gasteiger partial charge on any atom is -0.492 e. The average Bonchev–Trinajstić information content (AvgIpc) is 3.34. The van der Waals surface area contributed by atoms with Crippen molar-refractivity contribution in [2.45, 2.75) is 12.4 Å². The third-order valence-electron chi connectivity index (χ3n) is 4.35. The molecular weight excluding hydrogens is 538 g/mol. The molecule has 202 valence electrons. The molecule has 0 aliphatic heterocycles. The molecule has 0 radical (unpaired) electrons. The fourth-order valence-corrected chi connectivity index (χ4v) is 3.13. The number of carboxylic acid groups (broad SMARTS) is 1. The number of halogens is 7. The number of aryl methyl sites for hydroxylation is 2. The summed E-state index contributed by atoms with van der Waals surface area (Å²) in [5.41, 5.74) is 4.88. The number of carbonyl (C=O) groups excluding carboxylic acids is 1. The van der Waals surface area contributed by atoms with Crippen LogP contribution >= 0.6 is 11.6 Å². The molecule has 3 aromatic rings. The van der Waals surface area contributed by atoms with Crippen molar-refractivity contribution in [2.75, 3.05) is 18.5 Å². The van der Waals surface area contributed by atoms with Crippen LogP contribution in [0.15, 0.2) is 30.6 Å². The van der Waals surface area contributed by atoms with E-state index in [1.165, 1.54) is 30.1 Å². The molecule has 1 aromatic carbocycles. The molecule has 0 unspecified atom stereocenters. The number of aliphatic carboxylic acids is 1. The van der Waals surface area contributed by atoms with Gasteiger partial charge in [-0.1, -0.05) is 11.6 Å². The summed E-state index contributed by atoms with van der Waals surface area (Å²) < 4.78 is 79.3. The van der Waals surface area contributed by atoms with Crippen molar-refractivity contribution in [3.63, 3.8) is 0 Å². The third kappa shape index (κ3) is 7.60. The van der Waals surface area contributed by atoms with E-state index in [-0.39, 0.29) is 18.8 Å². The fraction of sp³-hybridized carbons (Fsp3) is 0.300. The smallest absolute Gasteiger partial charge is 0.490 e. The van der Waals surface area contributed by atoms with Gasteiger partial charge in [0.1, 0.15) is 12.4 Å². The van der Waals surface area contributed by atoms with Gasteiger partial charge in [-0.15, -0.1) is 0 Å². The molecule has 0 spiro atoms. The van der Waals surface area contributed by atoms with Crippen molar-refractivity contribution in [3.8, 4) is 17.0 Å². The van der Waals surface area contributed by atoms with Crippen LogP contribution in [0.3, 0.4) is 0 Å². The molecular formula is C20H19ClF6N6O4. The molecule has 0 saturated heterocycles. The maximum absolute atomic E-state index is 13.2. The van der Waals surface area contributed by atoms with E-state index in [0.717, 1.165) is 10.9 Å². The number of hydrogen-bond acceptors (Lipinski definition) is 6. The lowest BCUT2D eigenvalue weighted by Crippen LogP contribution is -2.21. The second kappa shape index (κ2) is 11.5. The third-order valence-corrected chi connectivity index (χ3v) is 4.62. The van der Waals surface area contributed by atoms with Gasteiger partial charge in [-0.25, -0.2) is 4.79 Å². The number of nitrogens with one attached hydrogen (secondary N) is 1. The van der Waals surface area contributed by atoms with Gasteiger partial charge >= 0.3 is 18.3 Å². The molecule has 10 nitrogen and oxygen atoms in total. The van der Waals surface area contributed by atoms with Crippen molar-refractivity contribution >= 4 is 29.2 Å². The number of ether oxygens (including phenoxy) is 1. The van der Waals surface area contributed by atoms with E-state index in [0.29, 0.717) is 22.0 Å². The first-order valence-electron chi connectivity index (χ1n) is 9.93. The first-order valence-corrected chi connectivity index (χ1v) is 10.3. The highest BCUT2D eigenvalue weighted by Crippen LogP contribution is 2.37. The topological polar surface area (TPSA) is 137 Å². The maximum Gasteiger partial charge on any atom is 0.490 e. The largest absolute Gasteiger partial charge is 0.492 e. The SMILES string of the molecule is Cn1cc(C(=O)Nc2ccc(OCCN)c(-c3c(Cl)cnn3C)c2)c(C(F)(F)F)n1.O=C(O)C(F)(F)F. The first kappa shape index (κ1) is 29.4. The number of nitrogens with two attached hydrogens (primary N) is 1. The van der Waals surface area contributed by atoms with Crippen LogP contribution in [0.25, 0.3) is 11.3 Å². The summed E-state index contributed by atoms with van der Waals surface area (Å²) in [6.07, 6.45) is -7.39. The van der Waals surface area contributed by atoms with Crippen molar-refractivity contribution < 1.29 is 45.8 Å². The molecule has 3 rings (SSSR count). The highest BCUT2D eigenvalue weighted by atomic mass is 35.5. The Labute approximate surface area is 209 Å². The van der Waals surface area contributed by atoms with Gasteiger partial charge in [0.05, 0.1) is 22.5 Å². The fourth-order valence-electron chi connectivity index (χ4n) is 2.86. The molecule has 0 saturated carbocycles. The minimum absolute atomic E-state index is 0.235. The Morgan fingerprint density at radius 2 is 1.81 bits per heavy atom. The van der Waals surface area contributed by atoms with Gasteiger partial charge in [0.25, 0.3) is 5.91 Å². The van der Waals surface area contributed by atoms with Gasteiger partial charge in [0, 0.05) is 38.1 Å². The summed E-state index contributed by atoms with van der Waals surface area (Å²) in [5, 5.41) is 17.3. The zero-order valence-electron chi connectivity index (χ0n) is 19.0. The highest BCUT2D eigenvalue weighted by molar-refractivity contribution is 6.33. The number of carbonyl (C=O) groups is 2. The van der Waals surface area contributed by atoms with Gasteiger partial charge in [0.15, 0.2) is 5.69 Å². The van der Waals surface area contributed by atoms with Crippen LogP contribution in [0.4, 0.5) is 32.0 Å². The Hall–Kier alpha value is -3.79. The molecule has 0 aliphatic carbocycles. The molecule has 0 atom stereocenters. The summed E-state index contributed by atoms with van der Waals surface area (Å²) in [7, 11) is 2.97. The zero-order chi connectivity index (χ0) is 28.1. The quantitative estimate of drug-likeness (QED) is 0.394. The summed E-state index contributed by atoms with van der Waals surface area (Å²) >= 11 is 6.23. The van der Waals surface area contributed by atoms with Gasteiger partial charge in [-0.3, -0.25) is 14.2 Å². The van der Waals surface area contributed by atoms with Crippen LogP contribution < -0.4 is 15.8 Å². The predicted molar refractivity (Wildman–Crippen MR) is 118 cm³/mol. The van der Waals surface area contributed by atoms with Crippen LogP contribution in [-0.4, -0.2) is 55.9 Å². The minimum atomic E-state index is -5.08. The highest BCUT2D eigenvalue weighted by Gasteiger charge is 2.39. The van der Waals surface area contributed by atoms with Crippen molar-refractivity contribution in [1.29, 1.82) is 0 Å². The van der Waals surface area contributed by atoms with Gasteiger partial charge in [-0.05, 0) is 18.2 Å². The van der Waals surface area contributed by atoms with Crippen LogP contribution in [0.5, 0.6) is 5.75 Å². The number of hydrogen-bond donors (Lipinski definition) is 3. The van der Waals surface area contributed by atoms with Crippen molar-refractivity contribution in [3.05, 3.63) is 46.9 Å². The summed E-state index contributed by atoms with van der Waals surface area (Å²) in [6, 6.07) is 4.61. The summed E-state index contributed by atoms with van der Waals surface area (Å²) in [4.78, 5) is 21.4. The normalized spacial score (nSPS) is 11.5. The van der Waals surface area contributed by atoms with Crippen LogP contribution in [-0.2, 0) is 25.1 Å². The molecule has 4 N–H and O–H groups in total. The van der Waals surface area contributed by atoms with Gasteiger partial charge < -0.3 is 20.9 Å². The number of amides is 1. The van der Waals surface area contributed by atoms with Crippen LogP contribution in [0.2, 0.25) is 5.02 Å². The molecule has 0 aliphatic rings. The van der Waals surface area contributed by atoms with E-state index in [1.54, 1.807) is 13.1 Å². The Kier molecular flexibility index (Phi) is 9.16. The molecule has 37 heavy (non-hydrogen) atoms. The lowest BCUT2D eigenvalue weighted by Gasteiger charge is -2.14. The Morgan fingerprint density at radius 1 is 1.19 bits per heavy atom. The van der Waals surface area contributed by atoms with Gasteiger partial charge in [-0.2, -0.15) is 36.5 Å². The second-order valence-electron chi connectivity index (χ2n) is 7.13. The van der Waals surface area contributed by atoms with Crippen molar-refractivity contribution in [2.24, 2.45) is 19.8 Å². The second-order valence-corrected chi connectivity index (χ2v) is 7.54. The average molecular weight is 557 g/mol. The maximum atomic E-state index is 13.2.